The van der Waals surface area contributed by atoms with Crippen molar-refractivity contribution in [1.29, 1.82) is 0 Å². The van der Waals surface area contributed by atoms with E-state index in [1.54, 1.807) is 30.1 Å². The lowest BCUT2D eigenvalue weighted by Crippen LogP contribution is -2.35. The lowest BCUT2D eigenvalue weighted by Gasteiger charge is -2.07. The number of rotatable bonds is 5. The van der Waals surface area contributed by atoms with Gasteiger partial charge in [0.2, 0.25) is 0 Å². The van der Waals surface area contributed by atoms with Crippen LogP contribution < -0.4 is 10.6 Å². The van der Waals surface area contributed by atoms with Crippen molar-refractivity contribution < 1.29 is 14.7 Å². The maximum absolute atomic E-state index is 11.6. The number of hydrogen-bond donors (Lipinski definition) is 3. The molecule has 0 radical (unpaired) electrons. The third kappa shape index (κ3) is 4.03. The molecule has 1 aromatic heterocycles. The molecule has 2 rings (SSSR count). The minimum Gasteiger partial charge on any atom is -0.478 e. The molecule has 1 heterocycles. The predicted octanol–water partition coefficient (Wildman–Crippen LogP) is 0.513. The van der Waals surface area contributed by atoms with E-state index in [2.05, 4.69) is 20.8 Å². The van der Waals surface area contributed by atoms with Crippen molar-refractivity contribution in [2.24, 2.45) is 7.05 Å². The molecule has 0 bridgehead atoms. The Balaban J connectivity index is 1.78. The first-order chi connectivity index (χ1) is 10.1. The van der Waals surface area contributed by atoms with E-state index in [9.17, 15) is 9.59 Å². The number of aromatic nitrogens is 3. The maximum Gasteiger partial charge on any atom is 0.335 e. The van der Waals surface area contributed by atoms with Crippen molar-refractivity contribution in [3.63, 3.8) is 0 Å². The Morgan fingerprint density at radius 2 is 1.86 bits per heavy atom. The standard InChI is InChI=1S/C13H15N5O3/c1-18-8-16-17-11(18)7-15-13(21)14-6-9-2-4-10(5-3-9)12(19)20/h2-5,8H,6-7H2,1H3,(H,19,20)(H2,14,15,21). The maximum atomic E-state index is 11.6. The summed E-state index contributed by atoms with van der Waals surface area (Å²) in [6, 6.07) is 5.98. The fourth-order valence-electron chi connectivity index (χ4n) is 1.64. The van der Waals surface area contributed by atoms with Gasteiger partial charge in [-0.3, -0.25) is 0 Å². The average molecular weight is 289 g/mol. The average Bonchev–Trinajstić information content (AvgIpc) is 2.88. The van der Waals surface area contributed by atoms with Gasteiger partial charge in [0.25, 0.3) is 0 Å². The van der Waals surface area contributed by atoms with Crippen LogP contribution >= 0.6 is 0 Å². The molecule has 0 aliphatic heterocycles. The van der Waals surface area contributed by atoms with Crippen molar-refractivity contribution in [1.82, 2.24) is 25.4 Å². The normalized spacial score (nSPS) is 10.1. The number of carbonyl (C=O) groups is 2. The topological polar surface area (TPSA) is 109 Å². The molecule has 0 fully saturated rings. The zero-order chi connectivity index (χ0) is 15.2. The highest BCUT2D eigenvalue weighted by atomic mass is 16.4. The van der Waals surface area contributed by atoms with Gasteiger partial charge in [-0.2, -0.15) is 0 Å². The van der Waals surface area contributed by atoms with Crippen LogP contribution in [-0.4, -0.2) is 31.9 Å². The Bertz CT molecular complexity index is 636. The molecule has 0 aliphatic carbocycles. The highest BCUT2D eigenvalue weighted by Gasteiger charge is 2.05. The van der Waals surface area contributed by atoms with Gasteiger partial charge in [-0.25, -0.2) is 9.59 Å². The van der Waals surface area contributed by atoms with Gasteiger partial charge < -0.3 is 20.3 Å². The number of hydrogen-bond acceptors (Lipinski definition) is 4. The van der Waals surface area contributed by atoms with E-state index < -0.39 is 5.97 Å². The van der Waals surface area contributed by atoms with Crippen molar-refractivity contribution in [2.75, 3.05) is 0 Å². The van der Waals surface area contributed by atoms with Crippen LogP contribution in [0.5, 0.6) is 0 Å². The zero-order valence-electron chi connectivity index (χ0n) is 11.4. The first kappa shape index (κ1) is 14.5. The molecule has 0 saturated carbocycles. The number of nitrogens with zero attached hydrogens (tertiary/aromatic N) is 3. The summed E-state index contributed by atoms with van der Waals surface area (Å²) in [7, 11) is 1.79. The number of aryl methyl sites for hydroxylation is 1. The summed E-state index contributed by atoms with van der Waals surface area (Å²) in [5.41, 5.74) is 1.03. The molecule has 2 aromatic rings. The second kappa shape index (κ2) is 6.51. The van der Waals surface area contributed by atoms with Crippen molar-refractivity contribution in [3.8, 4) is 0 Å². The van der Waals surface area contributed by atoms with E-state index in [0.29, 0.717) is 12.4 Å². The fourth-order valence-corrected chi connectivity index (χ4v) is 1.64. The highest BCUT2D eigenvalue weighted by molar-refractivity contribution is 5.87. The van der Waals surface area contributed by atoms with Gasteiger partial charge >= 0.3 is 12.0 Å². The van der Waals surface area contributed by atoms with Gasteiger partial charge in [-0.05, 0) is 17.7 Å². The molecule has 8 heteroatoms. The van der Waals surface area contributed by atoms with E-state index in [0.717, 1.165) is 5.56 Å². The van der Waals surface area contributed by atoms with Gasteiger partial charge in [-0.1, -0.05) is 12.1 Å². The summed E-state index contributed by atoms with van der Waals surface area (Å²) < 4.78 is 1.71. The molecule has 110 valence electrons. The Morgan fingerprint density at radius 3 is 2.43 bits per heavy atom. The third-order valence-electron chi connectivity index (χ3n) is 2.87. The summed E-state index contributed by atoms with van der Waals surface area (Å²) in [5.74, 6) is -0.327. The molecule has 0 aliphatic rings. The number of benzene rings is 1. The monoisotopic (exact) mass is 289 g/mol. The highest BCUT2D eigenvalue weighted by Crippen LogP contribution is 2.04. The molecule has 0 atom stereocenters. The van der Waals surface area contributed by atoms with E-state index in [4.69, 9.17) is 5.11 Å². The summed E-state index contributed by atoms with van der Waals surface area (Å²) in [5, 5.41) is 21.7. The van der Waals surface area contributed by atoms with Crippen LogP contribution in [0.2, 0.25) is 0 Å². The second-order valence-corrected chi connectivity index (χ2v) is 4.40. The number of amides is 2. The van der Waals surface area contributed by atoms with Crippen LogP contribution in [0, 0.1) is 0 Å². The molecule has 8 nitrogen and oxygen atoms in total. The van der Waals surface area contributed by atoms with Crippen LogP contribution in [0.25, 0.3) is 0 Å². The lowest BCUT2D eigenvalue weighted by atomic mass is 10.1. The van der Waals surface area contributed by atoms with Crippen LogP contribution in [-0.2, 0) is 20.1 Å². The summed E-state index contributed by atoms with van der Waals surface area (Å²) in [6.45, 7) is 0.588. The number of carboxylic acid groups (broad SMARTS) is 1. The molecule has 3 N–H and O–H groups in total. The van der Waals surface area contributed by atoms with E-state index in [1.165, 1.54) is 12.1 Å². The molecule has 0 saturated heterocycles. The van der Waals surface area contributed by atoms with Gasteiger partial charge in [0.1, 0.15) is 6.33 Å². The number of carboxylic acids is 1. The SMILES string of the molecule is Cn1cnnc1CNC(=O)NCc1ccc(C(=O)O)cc1. The minimum atomic E-state index is -0.976. The smallest absolute Gasteiger partial charge is 0.335 e. The molecule has 21 heavy (non-hydrogen) atoms. The van der Waals surface area contributed by atoms with Gasteiger partial charge in [0, 0.05) is 13.6 Å². The first-order valence-corrected chi connectivity index (χ1v) is 6.23. The Kier molecular flexibility index (Phi) is 4.50. The first-order valence-electron chi connectivity index (χ1n) is 6.23. The quantitative estimate of drug-likeness (QED) is 0.743. The van der Waals surface area contributed by atoms with Crippen molar-refractivity contribution >= 4 is 12.0 Å². The van der Waals surface area contributed by atoms with Crippen LogP contribution in [0.3, 0.4) is 0 Å². The van der Waals surface area contributed by atoms with E-state index in [-0.39, 0.29) is 18.1 Å². The zero-order valence-corrected chi connectivity index (χ0v) is 11.4. The predicted molar refractivity (Wildman–Crippen MR) is 73.5 cm³/mol. The second-order valence-electron chi connectivity index (χ2n) is 4.40. The van der Waals surface area contributed by atoms with Crippen LogP contribution in [0.15, 0.2) is 30.6 Å². The van der Waals surface area contributed by atoms with Crippen molar-refractivity contribution in [3.05, 3.63) is 47.5 Å². The molecule has 0 unspecified atom stereocenters. The number of nitrogens with one attached hydrogen (secondary N) is 2. The molecule has 2 amide bonds. The van der Waals surface area contributed by atoms with Gasteiger partial charge in [0.05, 0.1) is 12.1 Å². The Morgan fingerprint density at radius 1 is 1.19 bits per heavy atom. The van der Waals surface area contributed by atoms with Crippen LogP contribution in [0.1, 0.15) is 21.7 Å². The molecular formula is C13H15N5O3. The summed E-state index contributed by atoms with van der Waals surface area (Å²) in [4.78, 5) is 22.3. The lowest BCUT2D eigenvalue weighted by molar-refractivity contribution is 0.0697. The fraction of sp³-hybridized carbons (Fsp3) is 0.231. The van der Waals surface area contributed by atoms with E-state index >= 15 is 0 Å². The largest absolute Gasteiger partial charge is 0.478 e. The van der Waals surface area contributed by atoms with Crippen LogP contribution in [0.4, 0.5) is 4.79 Å². The van der Waals surface area contributed by atoms with E-state index in [1.807, 2.05) is 0 Å². The summed E-state index contributed by atoms with van der Waals surface area (Å²) in [6.07, 6.45) is 1.55. The third-order valence-corrected chi connectivity index (χ3v) is 2.87. The molecule has 1 aromatic carbocycles. The van der Waals surface area contributed by atoms with Crippen molar-refractivity contribution in [2.45, 2.75) is 13.1 Å². The minimum absolute atomic E-state index is 0.213. The van der Waals surface area contributed by atoms with Gasteiger partial charge in [-0.15, -0.1) is 10.2 Å². The van der Waals surface area contributed by atoms with Gasteiger partial charge in [0.15, 0.2) is 5.82 Å². The summed E-state index contributed by atoms with van der Waals surface area (Å²) >= 11 is 0. The molecular weight excluding hydrogens is 274 g/mol. The number of carbonyl (C=O) groups excluding carboxylic acids is 1. The number of urea groups is 1. The molecule has 0 spiro atoms. The Hall–Kier alpha value is -2.90. The number of aromatic carboxylic acids is 1. The Labute approximate surface area is 120 Å².